The highest BCUT2D eigenvalue weighted by molar-refractivity contribution is 5.91. The van der Waals surface area contributed by atoms with Gasteiger partial charge in [-0.25, -0.2) is 0 Å². The molecule has 1 N–H and O–H groups in total. The average Bonchev–Trinajstić information content (AvgIpc) is 3.05. The first-order chi connectivity index (χ1) is 12.7. The summed E-state index contributed by atoms with van der Waals surface area (Å²) in [6.07, 6.45) is 4.32. The molecule has 27 heavy (non-hydrogen) atoms. The summed E-state index contributed by atoms with van der Waals surface area (Å²) in [7, 11) is 0. The zero-order chi connectivity index (χ0) is 19.4. The molecule has 1 amide bonds. The molecule has 2 aromatic rings. The minimum Gasteiger partial charge on any atom is -0.335 e. The largest absolute Gasteiger partial charge is 0.335 e. The number of carbonyl (C=O) groups is 1. The first-order valence-corrected chi connectivity index (χ1v) is 9.73. The van der Waals surface area contributed by atoms with E-state index < -0.39 is 5.66 Å². The van der Waals surface area contributed by atoms with E-state index in [1.807, 2.05) is 0 Å². The van der Waals surface area contributed by atoms with Crippen LogP contribution in [0.5, 0.6) is 0 Å². The van der Waals surface area contributed by atoms with E-state index in [0.717, 1.165) is 11.3 Å². The molecule has 0 aromatic heterocycles. The van der Waals surface area contributed by atoms with Crippen molar-refractivity contribution in [1.82, 2.24) is 5.32 Å². The molecule has 1 unspecified atom stereocenters. The molecule has 2 aromatic carbocycles. The summed E-state index contributed by atoms with van der Waals surface area (Å²) in [5.74, 6) is 0.604. The van der Waals surface area contributed by atoms with E-state index in [4.69, 9.17) is 0 Å². The molecule has 1 atom stereocenters. The summed E-state index contributed by atoms with van der Waals surface area (Å²) < 4.78 is 0. The number of fused-ring (bicyclic) bond motifs is 3. The second kappa shape index (κ2) is 5.98. The van der Waals surface area contributed by atoms with Gasteiger partial charge in [-0.05, 0) is 41.7 Å². The topological polar surface area (TPSA) is 32.3 Å². The molecule has 3 nitrogen and oxygen atoms in total. The van der Waals surface area contributed by atoms with Gasteiger partial charge in [-0.15, -0.1) is 0 Å². The molecule has 1 fully saturated rings. The Morgan fingerprint density at radius 1 is 1.11 bits per heavy atom. The fourth-order valence-electron chi connectivity index (χ4n) is 4.50. The molecule has 4 rings (SSSR count). The van der Waals surface area contributed by atoms with Crippen molar-refractivity contribution in [2.24, 2.45) is 0 Å². The molecule has 140 valence electrons. The SMILES string of the molecule is Cc1ccc2c(c1)C(C)(C)C1(/C=C/c3ccc(C(C)C)cc3)NC(=O)CN21. The molecular formula is C24H28N2O. The van der Waals surface area contributed by atoms with E-state index in [0.29, 0.717) is 12.5 Å². The second-order valence-corrected chi connectivity index (χ2v) is 8.70. The quantitative estimate of drug-likeness (QED) is 0.856. The second-order valence-electron chi connectivity index (χ2n) is 8.70. The number of anilines is 1. The Labute approximate surface area is 162 Å². The lowest BCUT2D eigenvalue weighted by atomic mass is 9.75. The predicted octanol–water partition coefficient (Wildman–Crippen LogP) is 4.76. The molecule has 2 aliphatic heterocycles. The van der Waals surface area contributed by atoms with Crippen LogP contribution in [0.4, 0.5) is 5.69 Å². The molecule has 1 saturated heterocycles. The van der Waals surface area contributed by atoms with E-state index in [1.165, 1.54) is 16.7 Å². The highest BCUT2D eigenvalue weighted by atomic mass is 16.2. The highest BCUT2D eigenvalue weighted by Gasteiger charge is 2.59. The smallest absolute Gasteiger partial charge is 0.241 e. The summed E-state index contributed by atoms with van der Waals surface area (Å²) in [6, 6.07) is 15.2. The predicted molar refractivity (Wildman–Crippen MR) is 112 cm³/mol. The monoisotopic (exact) mass is 360 g/mol. The lowest BCUT2D eigenvalue weighted by molar-refractivity contribution is -0.118. The van der Waals surface area contributed by atoms with Crippen LogP contribution in [0.15, 0.2) is 48.5 Å². The highest BCUT2D eigenvalue weighted by Crippen LogP contribution is 2.53. The van der Waals surface area contributed by atoms with Gasteiger partial charge in [0.05, 0.1) is 6.54 Å². The van der Waals surface area contributed by atoms with E-state index in [2.05, 4.69) is 99.5 Å². The van der Waals surface area contributed by atoms with Crippen molar-refractivity contribution in [2.45, 2.75) is 51.6 Å². The van der Waals surface area contributed by atoms with Crippen LogP contribution in [0.1, 0.15) is 55.9 Å². The number of rotatable bonds is 3. The number of nitrogens with zero attached hydrogens (tertiary/aromatic N) is 1. The Morgan fingerprint density at radius 3 is 2.48 bits per heavy atom. The van der Waals surface area contributed by atoms with Gasteiger partial charge in [0, 0.05) is 11.1 Å². The maximum absolute atomic E-state index is 12.4. The van der Waals surface area contributed by atoms with Crippen LogP contribution >= 0.6 is 0 Å². The van der Waals surface area contributed by atoms with Crippen molar-refractivity contribution in [3.8, 4) is 0 Å². The van der Waals surface area contributed by atoms with Gasteiger partial charge in [-0.3, -0.25) is 4.79 Å². The third-order valence-electron chi connectivity index (χ3n) is 6.25. The van der Waals surface area contributed by atoms with Gasteiger partial charge in [-0.1, -0.05) is 75.7 Å². The fraction of sp³-hybridized carbons (Fsp3) is 0.375. The fourth-order valence-corrected chi connectivity index (χ4v) is 4.50. The zero-order valence-electron chi connectivity index (χ0n) is 16.8. The van der Waals surface area contributed by atoms with E-state index >= 15 is 0 Å². The van der Waals surface area contributed by atoms with E-state index in [1.54, 1.807) is 0 Å². The molecule has 0 aliphatic carbocycles. The Kier molecular flexibility index (Phi) is 3.95. The zero-order valence-corrected chi connectivity index (χ0v) is 16.8. The number of carbonyl (C=O) groups excluding carboxylic acids is 1. The molecule has 2 aliphatic rings. The standard InChI is InChI=1S/C24H28N2O/c1-16(2)19-9-7-18(8-10-19)12-13-24-23(4,5)20-14-17(3)6-11-21(20)26(24)15-22(27)25-24/h6-14,16H,15H2,1-5H3,(H,25,27)/b13-12+. The average molecular weight is 361 g/mol. The van der Waals surface area contributed by atoms with Crippen LogP contribution in [0, 0.1) is 6.92 Å². The minimum absolute atomic E-state index is 0.0779. The summed E-state index contributed by atoms with van der Waals surface area (Å²) in [5, 5.41) is 3.29. The summed E-state index contributed by atoms with van der Waals surface area (Å²) in [5.41, 5.74) is 5.43. The maximum atomic E-state index is 12.4. The Hall–Kier alpha value is -2.55. The van der Waals surface area contributed by atoms with Crippen molar-refractivity contribution in [2.75, 3.05) is 11.4 Å². The van der Waals surface area contributed by atoms with Crippen LogP contribution in [0.3, 0.4) is 0 Å². The van der Waals surface area contributed by atoms with Crippen molar-refractivity contribution in [3.05, 3.63) is 70.8 Å². The Morgan fingerprint density at radius 2 is 1.81 bits per heavy atom. The van der Waals surface area contributed by atoms with Crippen molar-refractivity contribution < 1.29 is 4.79 Å². The lowest BCUT2D eigenvalue weighted by Gasteiger charge is -2.40. The molecule has 2 heterocycles. The van der Waals surface area contributed by atoms with Gasteiger partial charge < -0.3 is 10.2 Å². The van der Waals surface area contributed by atoms with E-state index in [-0.39, 0.29) is 11.3 Å². The number of amides is 1. The Balaban J connectivity index is 1.76. The van der Waals surface area contributed by atoms with Gasteiger partial charge in [0.1, 0.15) is 5.66 Å². The number of nitrogens with one attached hydrogen (secondary N) is 1. The van der Waals surface area contributed by atoms with Crippen molar-refractivity contribution in [1.29, 1.82) is 0 Å². The van der Waals surface area contributed by atoms with Gasteiger partial charge >= 0.3 is 0 Å². The molecule has 0 spiro atoms. The molecule has 0 bridgehead atoms. The Bertz CT molecular complexity index is 924. The van der Waals surface area contributed by atoms with Crippen LogP contribution in [0.25, 0.3) is 6.08 Å². The first-order valence-electron chi connectivity index (χ1n) is 9.73. The molecule has 3 heteroatoms. The molecule has 0 saturated carbocycles. The third kappa shape index (κ3) is 2.60. The minimum atomic E-state index is -0.531. The maximum Gasteiger partial charge on any atom is 0.241 e. The van der Waals surface area contributed by atoms with Gasteiger partial charge in [-0.2, -0.15) is 0 Å². The molecule has 0 radical (unpaired) electrons. The number of hydrogen-bond donors (Lipinski definition) is 1. The summed E-state index contributed by atoms with van der Waals surface area (Å²) in [6.45, 7) is 11.4. The van der Waals surface area contributed by atoms with Gasteiger partial charge in [0.15, 0.2) is 0 Å². The molecular weight excluding hydrogens is 332 g/mol. The van der Waals surface area contributed by atoms with E-state index in [9.17, 15) is 4.79 Å². The normalized spacial score (nSPS) is 23.0. The number of aryl methyl sites for hydroxylation is 1. The third-order valence-corrected chi connectivity index (χ3v) is 6.25. The summed E-state index contributed by atoms with van der Waals surface area (Å²) >= 11 is 0. The van der Waals surface area contributed by atoms with Crippen LogP contribution < -0.4 is 10.2 Å². The van der Waals surface area contributed by atoms with Crippen LogP contribution in [-0.2, 0) is 10.2 Å². The summed E-state index contributed by atoms with van der Waals surface area (Å²) in [4.78, 5) is 14.6. The van der Waals surface area contributed by atoms with Crippen molar-refractivity contribution >= 4 is 17.7 Å². The van der Waals surface area contributed by atoms with Crippen LogP contribution in [-0.4, -0.2) is 18.1 Å². The lowest BCUT2D eigenvalue weighted by Crippen LogP contribution is -2.58. The number of benzene rings is 2. The van der Waals surface area contributed by atoms with Gasteiger partial charge in [0.2, 0.25) is 5.91 Å². The number of hydrogen-bond acceptors (Lipinski definition) is 2. The van der Waals surface area contributed by atoms with Gasteiger partial charge in [0.25, 0.3) is 0 Å². The van der Waals surface area contributed by atoms with Crippen molar-refractivity contribution in [3.63, 3.8) is 0 Å². The van der Waals surface area contributed by atoms with Crippen LogP contribution in [0.2, 0.25) is 0 Å². The first kappa shape index (κ1) is 17.8.